The van der Waals surface area contributed by atoms with E-state index in [-0.39, 0.29) is 5.78 Å². The monoisotopic (exact) mass is 228 g/mol. The van der Waals surface area contributed by atoms with Gasteiger partial charge in [0.2, 0.25) is 0 Å². The third kappa shape index (κ3) is 2.16. The summed E-state index contributed by atoms with van der Waals surface area (Å²) in [6.45, 7) is 7.82. The van der Waals surface area contributed by atoms with Gasteiger partial charge in [0, 0.05) is 5.56 Å². The van der Waals surface area contributed by atoms with Gasteiger partial charge in [0.25, 0.3) is 0 Å². The van der Waals surface area contributed by atoms with E-state index in [1.54, 1.807) is 6.07 Å². The van der Waals surface area contributed by atoms with Crippen LogP contribution in [-0.4, -0.2) is 5.78 Å². The first kappa shape index (κ1) is 11.6. The fourth-order valence-corrected chi connectivity index (χ4v) is 2.25. The summed E-state index contributed by atoms with van der Waals surface area (Å²) in [5, 5.41) is 0. The number of benzene rings is 1. The van der Waals surface area contributed by atoms with Crippen molar-refractivity contribution < 1.29 is 9.21 Å². The highest BCUT2D eigenvalue weighted by atomic mass is 16.3. The number of rotatable bonds is 2. The topological polar surface area (TPSA) is 30.2 Å². The molecule has 0 unspecified atom stereocenters. The molecule has 0 saturated heterocycles. The third-order valence-corrected chi connectivity index (χ3v) is 2.90. The molecule has 0 bridgehead atoms. The van der Waals surface area contributed by atoms with E-state index in [4.69, 9.17) is 4.42 Å². The van der Waals surface area contributed by atoms with Gasteiger partial charge in [-0.15, -0.1) is 0 Å². The number of carbonyl (C=O) groups is 1. The SMILES string of the molecule is Cc1cc(C)c(C(=O)c2coc(C)c2)c(C)c1. The maximum atomic E-state index is 12.4. The van der Waals surface area contributed by atoms with Gasteiger partial charge in [0.05, 0.1) is 5.56 Å². The lowest BCUT2D eigenvalue weighted by Crippen LogP contribution is -2.05. The summed E-state index contributed by atoms with van der Waals surface area (Å²) < 4.78 is 5.19. The van der Waals surface area contributed by atoms with E-state index in [1.165, 1.54) is 11.8 Å². The Bertz CT molecular complexity index is 553. The van der Waals surface area contributed by atoms with Crippen molar-refractivity contribution in [3.63, 3.8) is 0 Å². The summed E-state index contributed by atoms with van der Waals surface area (Å²) in [6.07, 6.45) is 1.52. The van der Waals surface area contributed by atoms with E-state index < -0.39 is 0 Å². The standard InChI is InChI=1S/C15H16O2/c1-9-5-10(2)14(11(3)6-9)15(16)13-7-12(4)17-8-13/h5-8H,1-4H3. The Kier molecular flexibility index (Phi) is 2.88. The minimum atomic E-state index is 0.0388. The van der Waals surface area contributed by atoms with Gasteiger partial charge in [-0.25, -0.2) is 0 Å². The molecule has 1 aromatic carbocycles. The maximum Gasteiger partial charge on any atom is 0.196 e. The molecule has 0 N–H and O–H groups in total. The molecule has 0 aliphatic rings. The van der Waals surface area contributed by atoms with E-state index in [0.717, 1.165) is 22.5 Å². The highest BCUT2D eigenvalue weighted by Crippen LogP contribution is 2.21. The molecule has 1 aromatic heterocycles. The molecular weight excluding hydrogens is 212 g/mol. The van der Waals surface area contributed by atoms with Crippen LogP contribution < -0.4 is 0 Å². The average molecular weight is 228 g/mol. The largest absolute Gasteiger partial charge is 0.469 e. The second-order valence-electron chi connectivity index (χ2n) is 4.55. The van der Waals surface area contributed by atoms with Crippen LogP contribution in [0, 0.1) is 27.7 Å². The van der Waals surface area contributed by atoms with Gasteiger partial charge < -0.3 is 4.42 Å². The van der Waals surface area contributed by atoms with Gasteiger partial charge >= 0.3 is 0 Å². The summed E-state index contributed by atoms with van der Waals surface area (Å²) in [4.78, 5) is 12.4. The molecular formula is C15H16O2. The van der Waals surface area contributed by atoms with Crippen molar-refractivity contribution >= 4 is 5.78 Å². The van der Waals surface area contributed by atoms with Crippen LogP contribution in [0.1, 0.15) is 38.4 Å². The Morgan fingerprint density at radius 1 is 1.00 bits per heavy atom. The lowest BCUT2D eigenvalue weighted by atomic mass is 9.94. The zero-order valence-electron chi connectivity index (χ0n) is 10.6. The van der Waals surface area contributed by atoms with Gasteiger partial charge in [0.15, 0.2) is 5.78 Å². The van der Waals surface area contributed by atoms with Gasteiger partial charge in [-0.2, -0.15) is 0 Å². The number of furan rings is 1. The van der Waals surface area contributed by atoms with Crippen LogP contribution in [0.2, 0.25) is 0 Å². The van der Waals surface area contributed by atoms with Crippen LogP contribution >= 0.6 is 0 Å². The first-order chi connectivity index (χ1) is 7.99. The van der Waals surface area contributed by atoms with E-state index in [2.05, 4.69) is 0 Å². The molecule has 1 heterocycles. The highest BCUT2D eigenvalue weighted by Gasteiger charge is 2.16. The van der Waals surface area contributed by atoms with Crippen molar-refractivity contribution in [2.24, 2.45) is 0 Å². The van der Waals surface area contributed by atoms with Crippen molar-refractivity contribution in [1.82, 2.24) is 0 Å². The van der Waals surface area contributed by atoms with Crippen molar-refractivity contribution in [3.05, 3.63) is 58.0 Å². The minimum Gasteiger partial charge on any atom is -0.469 e. The molecule has 2 aromatic rings. The lowest BCUT2D eigenvalue weighted by molar-refractivity contribution is 0.103. The molecule has 17 heavy (non-hydrogen) atoms. The Balaban J connectivity index is 2.51. The van der Waals surface area contributed by atoms with E-state index >= 15 is 0 Å². The van der Waals surface area contributed by atoms with Crippen molar-refractivity contribution in [3.8, 4) is 0 Å². The van der Waals surface area contributed by atoms with Crippen LogP contribution in [-0.2, 0) is 0 Å². The first-order valence-corrected chi connectivity index (χ1v) is 5.66. The van der Waals surface area contributed by atoms with Crippen LogP contribution in [0.3, 0.4) is 0 Å². The minimum absolute atomic E-state index is 0.0388. The third-order valence-electron chi connectivity index (χ3n) is 2.90. The van der Waals surface area contributed by atoms with Crippen LogP contribution in [0.4, 0.5) is 0 Å². The average Bonchev–Trinajstić information content (AvgIpc) is 2.63. The molecule has 2 nitrogen and oxygen atoms in total. The zero-order valence-corrected chi connectivity index (χ0v) is 10.6. The number of hydrogen-bond acceptors (Lipinski definition) is 2. The molecule has 2 heteroatoms. The summed E-state index contributed by atoms with van der Waals surface area (Å²) in [6, 6.07) is 5.85. The molecule has 0 radical (unpaired) electrons. The molecule has 0 atom stereocenters. The smallest absolute Gasteiger partial charge is 0.196 e. The predicted molar refractivity (Wildman–Crippen MR) is 67.5 cm³/mol. The zero-order chi connectivity index (χ0) is 12.6. The molecule has 88 valence electrons. The molecule has 2 rings (SSSR count). The molecule has 0 saturated carbocycles. The second kappa shape index (κ2) is 4.21. The van der Waals surface area contributed by atoms with Crippen molar-refractivity contribution in [2.75, 3.05) is 0 Å². The van der Waals surface area contributed by atoms with Gasteiger partial charge in [-0.05, 0) is 44.9 Å². The van der Waals surface area contributed by atoms with Gasteiger partial charge in [-0.1, -0.05) is 17.7 Å². The Hall–Kier alpha value is -1.83. The number of carbonyl (C=O) groups excluding carboxylic acids is 1. The first-order valence-electron chi connectivity index (χ1n) is 5.66. The summed E-state index contributed by atoms with van der Waals surface area (Å²) in [5.41, 5.74) is 4.63. The quantitative estimate of drug-likeness (QED) is 0.733. The highest BCUT2D eigenvalue weighted by molar-refractivity contribution is 6.10. The van der Waals surface area contributed by atoms with Crippen LogP contribution in [0.15, 0.2) is 28.9 Å². The fourth-order valence-electron chi connectivity index (χ4n) is 2.25. The summed E-state index contributed by atoms with van der Waals surface area (Å²) in [7, 11) is 0. The second-order valence-corrected chi connectivity index (χ2v) is 4.55. The molecule has 0 aliphatic heterocycles. The van der Waals surface area contributed by atoms with Crippen molar-refractivity contribution in [1.29, 1.82) is 0 Å². The molecule has 0 amide bonds. The normalized spacial score (nSPS) is 10.6. The molecule has 0 fully saturated rings. The Morgan fingerprint density at radius 3 is 2.06 bits per heavy atom. The lowest BCUT2D eigenvalue weighted by Gasteiger charge is -2.08. The number of aryl methyl sites for hydroxylation is 4. The Morgan fingerprint density at radius 2 is 1.59 bits per heavy atom. The van der Waals surface area contributed by atoms with E-state index in [1.807, 2.05) is 39.8 Å². The van der Waals surface area contributed by atoms with E-state index in [9.17, 15) is 4.79 Å². The van der Waals surface area contributed by atoms with Crippen LogP contribution in [0.25, 0.3) is 0 Å². The fraction of sp³-hybridized carbons (Fsp3) is 0.267. The van der Waals surface area contributed by atoms with Crippen LogP contribution in [0.5, 0.6) is 0 Å². The van der Waals surface area contributed by atoms with Gasteiger partial charge in [-0.3, -0.25) is 4.79 Å². The summed E-state index contributed by atoms with van der Waals surface area (Å²) >= 11 is 0. The molecule has 0 aliphatic carbocycles. The predicted octanol–water partition coefficient (Wildman–Crippen LogP) is 3.74. The maximum absolute atomic E-state index is 12.4. The number of ketones is 1. The number of hydrogen-bond donors (Lipinski definition) is 0. The summed E-state index contributed by atoms with van der Waals surface area (Å²) in [5.74, 6) is 0.799. The van der Waals surface area contributed by atoms with E-state index in [0.29, 0.717) is 5.56 Å². The van der Waals surface area contributed by atoms with Crippen molar-refractivity contribution in [2.45, 2.75) is 27.7 Å². The van der Waals surface area contributed by atoms with Gasteiger partial charge in [0.1, 0.15) is 12.0 Å². The Labute approximate surface area is 101 Å². The molecule has 0 spiro atoms.